The first-order valence-electron chi connectivity index (χ1n) is 3.08. The molecule has 3 heteroatoms. The largest absolute Gasteiger partial charge is 0.353 e. The van der Waals surface area contributed by atoms with Crippen LogP contribution in [0.15, 0.2) is 5.38 Å². The standard InChI is InChI=1S/C7H10NOS/c1-5-4-10(7(3)9)6(2)8-5/h4H,1-3H3/q+1. The molecule has 0 fully saturated rings. The first-order valence-corrected chi connectivity index (χ1v) is 4.37. The van der Waals surface area contributed by atoms with Gasteiger partial charge in [-0.25, -0.2) is 9.78 Å². The highest BCUT2D eigenvalue weighted by atomic mass is 32.2. The van der Waals surface area contributed by atoms with Gasteiger partial charge in [0.15, 0.2) is 5.38 Å². The predicted molar refractivity (Wildman–Crippen MR) is 42.5 cm³/mol. The quantitative estimate of drug-likeness (QED) is 0.583. The number of carbonyl (C=O) groups is 1. The molecule has 1 aromatic heterocycles. The van der Waals surface area contributed by atoms with Gasteiger partial charge in [-0.3, -0.25) is 0 Å². The molecule has 0 radical (unpaired) electrons. The molecule has 0 aliphatic heterocycles. The zero-order valence-electron chi connectivity index (χ0n) is 6.34. The van der Waals surface area contributed by atoms with Gasteiger partial charge in [0.1, 0.15) is 0 Å². The second-order valence-electron chi connectivity index (χ2n) is 2.22. The fourth-order valence-electron chi connectivity index (χ4n) is 0.871. The van der Waals surface area contributed by atoms with Crippen LogP contribution in [0.2, 0.25) is 0 Å². The smallest absolute Gasteiger partial charge is 0.232 e. The maximum Gasteiger partial charge on any atom is 0.353 e. The molecular weight excluding hydrogens is 146 g/mol. The number of aryl methyl sites for hydroxylation is 2. The molecule has 0 spiro atoms. The van der Waals surface area contributed by atoms with E-state index in [1.54, 1.807) is 6.92 Å². The van der Waals surface area contributed by atoms with Crippen LogP contribution in [0.4, 0.5) is 0 Å². The molecule has 54 valence electrons. The van der Waals surface area contributed by atoms with Gasteiger partial charge >= 0.3 is 5.12 Å². The Balaban J connectivity index is 3.15. The fraction of sp³-hybridized carbons (Fsp3) is 0.429. The Morgan fingerprint density at radius 2 is 2.20 bits per heavy atom. The minimum absolute atomic E-state index is 0.207. The topological polar surface area (TPSA) is 30.0 Å². The first kappa shape index (κ1) is 7.41. The Bertz CT molecular complexity index is 265. The monoisotopic (exact) mass is 156 g/mol. The third-order valence-corrected chi connectivity index (χ3v) is 3.17. The summed E-state index contributed by atoms with van der Waals surface area (Å²) in [5, 5.41) is 3.08. The highest BCUT2D eigenvalue weighted by Crippen LogP contribution is 2.23. The molecule has 1 heterocycles. The molecule has 1 atom stereocenters. The van der Waals surface area contributed by atoms with Crippen LogP contribution < -0.4 is 0 Å². The summed E-state index contributed by atoms with van der Waals surface area (Å²) in [5.74, 6) is 0. The third-order valence-electron chi connectivity index (χ3n) is 1.25. The molecule has 0 amide bonds. The summed E-state index contributed by atoms with van der Waals surface area (Å²) in [7, 11) is -0.305. The first-order chi connectivity index (χ1) is 4.61. The molecule has 1 aromatic rings. The molecule has 10 heavy (non-hydrogen) atoms. The highest BCUT2D eigenvalue weighted by molar-refractivity contribution is 7.50. The van der Waals surface area contributed by atoms with Gasteiger partial charge in [0.05, 0.1) is 23.1 Å². The Kier molecular flexibility index (Phi) is 1.85. The third kappa shape index (κ3) is 1.24. The van der Waals surface area contributed by atoms with Crippen molar-refractivity contribution >= 4 is 15.6 Å². The number of carbonyl (C=O) groups excluding carboxylic acids is 1. The van der Waals surface area contributed by atoms with Crippen LogP contribution in [-0.2, 0) is 0 Å². The second kappa shape index (κ2) is 2.50. The van der Waals surface area contributed by atoms with Gasteiger partial charge in [0, 0.05) is 6.92 Å². The van der Waals surface area contributed by atoms with E-state index in [4.69, 9.17) is 0 Å². The van der Waals surface area contributed by atoms with E-state index in [0.29, 0.717) is 0 Å². The molecule has 0 bridgehead atoms. The van der Waals surface area contributed by atoms with Crippen molar-refractivity contribution in [1.29, 1.82) is 0 Å². The van der Waals surface area contributed by atoms with E-state index in [1.165, 1.54) is 0 Å². The van der Waals surface area contributed by atoms with Crippen molar-refractivity contribution in [3.05, 3.63) is 16.1 Å². The molecule has 2 nitrogen and oxygen atoms in total. The lowest BCUT2D eigenvalue weighted by molar-refractivity contribution is 0.106. The molecule has 0 saturated heterocycles. The van der Waals surface area contributed by atoms with Crippen molar-refractivity contribution in [3.63, 3.8) is 0 Å². The minimum Gasteiger partial charge on any atom is -0.232 e. The zero-order valence-corrected chi connectivity index (χ0v) is 7.16. The Hall–Kier alpha value is -0.700. The SMILES string of the molecule is CC(=O)[s+]1cc(C)nc1C. The molecule has 0 saturated carbocycles. The summed E-state index contributed by atoms with van der Waals surface area (Å²) in [5.41, 5.74) is 0.969. The maximum atomic E-state index is 10.9. The highest BCUT2D eigenvalue weighted by Gasteiger charge is 2.17. The molecule has 0 N–H and O–H groups in total. The van der Waals surface area contributed by atoms with Gasteiger partial charge < -0.3 is 0 Å². The number of nitrogens with zero attached hydrogens (tertiary/aromatic N) is 1. The fourth-order valence-corrected chi connectivity index (χ4v) is 2.26. The normalized spacial score (nSPS) is 11.7. The van der Waals surface area contributed by atoms with Crippen LogP contribution >= 0.6 is 10.5 Å². The molecular formula is C7H10NOS+. The van der Waals surface area contributed by atoms with E-state index in [9.17, 15) is 4.79 Å². The lowest BCUT2D eigenvalue weighted by atomic mass is 10.6. The molecule has 1 unspecified atom stereocenters. The van der Waals surface area contributed by atoms with Crippen LogP contribution in [0.25, 0.3) is 0 Å². The van der Waals surface area contributed by atoms with Crippen LogP contribution in [0, 0.1) is 13.8 Å². The summed E-state index contributed by atoms with van der Waals surface area (Å²) < 4.78 is 0. The lowest BCUT2D eigenvalue weighted by Gasteiger charge is -1.75. The second-order valence-corrected chi connectivity index (χ2v) is 4.30. The average Bonchev–Trinajstić information content (AvgIpc) is 2.10. The van der Waals surface area contributed by atoms with E-state index in [2.05, 4.69) is 4.98 Å². The van der Waals surface area contributed by atoms with E-state index < -0.39 is 0 Å². The number of rotatable bonds is 1. The Labute approximate surface area is 62.9 Å². The van der Waals surface area contributed by atoms with Crippen LogP contribution in [-0.4, -0.2) is 10.1 Å². The summed E-state index contributed by atoms with van der Waals surface area (Å²) in [4.78, 5) is 15.0. The average molecular weight is 156 g/mol. The van der Waals surface area contributed by atoms with Gasteiger partial charge in [0.25, 0.3) is 0 Å². The van der Waals surface area contributed by atoms with Crippen molar-refractivity contribution in [2.24, 2.45) is 0 Å². The number of aromatic nitrogens is 1. The number of thiazole rings is 1. The van der Waals surface area contributed by atoms with Crippen molar-refractivity contribution in [1.82, 2.24) is 4.98 Å². The zero-order chi connectivity index (χ0) is 7.72. The summed E-state index contributed by atoms with van der Waals surface area (Å²) in [6.45, 7) is 5.42. The van der Waals surface area contributed by atoms with Crippen LogP contribution in [0.5, 0.6) is 0 Å². The van der Waals surface area contributed by atoms with Crippen molar-refractivity contribution in [2.45, 2.75) is 20.8 Å². The summed E-state index contributed by atoms with van der Waals surface area (Å²) in [6.07, 6.45) is 0. The molecule has 0 aliphatic rings. The summed E-state index contributed by atoms with van der Waals surface area (Å²) >= 11 is 0. The van der Waals surface area contributed by atoms with E-state index >= 15 is 0 Å². The molecule has 0 aromatic carbocycles. The Morgan fingerprint density at radius 3 is 2.40 bits per heavy atom. The van der Waals surface area contributed by atoms with Crippen molar-refractivity contribution < 1.29 is 4.79 Å². The van der Waals surface area contributed by atoms with Crippen LogP contribution in [0.3, 0.4) is 0 Å². The van der Waals surface area contributed by atoms with Crippen LogP contribution in [0.1, 0.15) is 22.4 Å². The lowest BCUT2D eigenvalue weighted by Crippen LogP contribution is -1.79. The molecule has 0 aliphatic carbocycles. The van der Waals surface area contributed by atoms with Gasteiger partial charge in [0.2, 0.25) is 5.01 Å². The number of hydrogen-bond donors (Lipinski definition) is 0. The predicted octanol–water partition coefficient (Wildman–Crippen LogP) is 2.11. The minimum atomic E-state index is -0.305. The van der Waals surface area contributed by atoms with Crippen molar-refractivity contribution in [3.8, 4) is 0 Å². The van der Waals surface area contributed by atoms with Gasteiger partial charge in [-0.05, 0) is 6.92 Å². The van der Waals surface area contributed by atoms with E-state index in [-0.39, 0.29) is 15.6 Å². The summed E-state index contributed by atoms with van der Waals surface area (Å²) in [6, 6.07) is 0. The molecule has 1 rings (SSSR count). The van der Waals surface area contributed by atoms with Gasteiger partial charge in [-0.2, -0.15) is 0 Å². The number of hydrogen-bond acceptors (Lipinski definition) is 2. The van der Waals surface area contributed by atoms with E-state index in [1.807, 2.05) is 19.2 Å². The van der Waals surface area contributed by atoms with Gasteiger partial charge in [-0.1, -0.05) is 0 Å². The van der Waals surface area contributed by atoms with Gasteiger partial charge in [-0.15, -0.1) is 0 Å². The van der Waals surface area contributed by atoms with E-state index in [0.717, 1.165) is 10.7 Å². The van der Waals surface area contributed by atoms with Crippen molar-refractivity contribution in [2.75, 3.05) is 0 Å². The Morgan fingerprint density at radius 1 is 1.60 bits per heavy atom. The maximum absolute atomic E-state index is 10.9.